The Kier molecular flexibility index (Phi) is 3.43. The molecule has 98 valence electrons. The zero-order valence-corrected chi connectivity index (χ0v) is 10.8. The molecule has 5 heteroatoms. The zero-order valence-electron chi connectivity index (χ0n) is 10.0. The molecule has 0 bridgehead atoms. The van der Waals surface area contributed by atoms with Gasteiger partial charge >= 0.3 is 5.97 Å². The lowest BCUT2D eigenvalue weighted by Crippen LogP contribution is -2.32. The van der Waals surface area contributed by atoms with Gasteiger partial charge in [-0.2, -0.15) is 0 Å². The van der Waals surface area contributed by atoms with Gasteiger partial charge in [-0.1, -0.05) is 30.3 Å². The van der Waals surface area contributed by atoms with Crippen molar-refractivity contribution in [2.75, 3.05) is 11.5 Å². The second-order valence-electron chi connectivity index (χ2n) is 4.91. The van der Waals surface area contributed by atoms with E-state index in [9.17, 15) is 18.3 Å². The van der Waals surface area contributed by atoms with Gasteiger partial charge in [0.25, 0.3) is 0 Å². The molecule has 18 heavy (non-hydrogen) atoms. The van der Waals surface area contributed by atoms with Crippen LogP contribution in [0.3, 0.4) is 0 Å². The Morgan fingerprint density at radius 3 is 2.44 bits per heavy atom. The first kappa shape index (κ1) is 13.1. The summed E-state index contributed by atoms with van der Waals surface area (Å²) < 4.78 is 23.0. The van der Waals surface area contributed by atoms with Crippen molar-refractivity contribution in [3.05, 3.63) is 35.9 Å². The molecule has 1 saturated heterocycles. The molecule has 1 aliphatic rings. The molecule has 1 unspecified atom stereocenters. The molecular formula is C13H16O4S. The fourth-order valence-electron chi connectivity index (χ4n) is 2.42. The number of carbonyl (C=O) groups is 1. The fourth-order valence-corrected chi connectivity index (χ4v) is 4.52. The third-order valence-corrected chi connectivity index (χ3v) is 5.40. The highest BCUT2D eigenvalue weighted by Gasteiger charge is 2.47. The molecule has 1 heterocycles. The van der Waals surface area contributed by atoms with Crippen LogP contribution in [0.5, 0.6) is 0 Å². The summed E-state index contributed by atoms with van der Waals surface area (Å²) in [6, 6.07) is 9.55. The summed E-state index contributed by atoms with van der Waals surface area (Å²) in [5.74, 6) is -1.21. The lowest BCUT2D eigenvalue weighted by atomic mass is 9.82. The predicted octanol–water partition coefficient (Wildman–Crippen LogP) is 1.51. The maximum atomic E-state index is 11.5. The van der Waals surface area contributed by atoms with E-state index in [0.717, 1.165) is 5.56 Å². The van der Waals surface area contributed by atoms with Crippen molar-refractivity contribution in [2.24, 2.45) is 5.41 Å². The first-order valence-corrected chi connectivity index (χ1v) is 7.73. The van der Waals surface area contributed by atoms with Crippen LogP contribution in [-0.2, 0) is 21.1 Å². The monoisotopic (exact) mass is 268 g/mol. The lowest BCUT2D eigenvalue weighted by molar-refractivity contribution is -0.147. The summed E-state index contributed by atoms with van der Waals surface area (Å²) in [5, 5.41) is 9.31. The van der Waals surface area contributed by atoms with E-state index in [4.69, 9.17) is 0 Å². The minimum Gasteiger partial charge on any atom is -0.481 e. The molecule has 1 aromatic carbocycles. The van der Waals surface area contributed by atoms with E-state index in [2.05, 4.69) is 0 Å². The Labute approximate surface area is 107 Å². The van der Waals surface area contributed by atoms with Crippen molar-refractivity contribution in [3.63, 3.8) is 0 Å². The average Bonchev–Trinajstić information content (AvgIpc) is 2.65. The van der Waals surface area contributed by atoms with Gasteiger partial charge in [0.2, 0.25) is 0 Å². The Morgan fingerprint density at radius 1 is 1.28 bits per heavy atom. The number of benzene rings is 1. The number of hydrogen-bond acceptors (Lipinski definition) is 3. The molecule has 4 nitrogen and oxygen atoms in total. The Balaban J connectivity index is 2.12. The van der Waals surface area contributed by atoms with Crippen molar-refractivity contribution in [1.82, 2.24) is 0 Å². The summed E-state index contributed by atoms with van der Waals surface area (Å²) >= 11 is 0. The van der Waals surface area contributed by atoms with Crippen LogP contribution in [0.25, 0.3) is 0 Å². The van der Waals surface area contributed by atoms with Crippen LogP contribution in [0, 0.1) is 5.41 Å². The molecule has 1 fully saturated rings. The average molecular weight is 268 g/mol. The number of aliphatic carboxylic acids is 1. The van der Waals surface area contributed by atoms with Crippen LogP contribution in [0.4, 0.5) is 0 Å². The maximum absolute atomic E-state index is 11.5. The second kappa shape index (κ2) is 4.72. The van der Waals surface area contributed by atoms with Crippen LogP contribution in [0.2, 0.25) is 0 Å². The predicted molar refractivity (Wildman–Crippen MR) is 68.1 cm³/mol. The van der Waals surface area contributed by atoms with Crippen molar-refractivity contribution < 1.29 is 18.3 Å². The topological polar surface area (TPSA) is 71.4 Å². The normalized spacial score (nSPS) is 26.0. The summed E-state index contributed by atoms with van der Waals surface area (Å²) in [6.07, 6.45) is 1.21. The van der Waals surface area contributed by atoms with Crippen LogP contribution in [-0.4, -0.2) is 31.0 Å². The van der Waals surface area contributed by atoms with Crippen molar-refractivity contribution in [3.8, 4) is 0 Å². The van der Waals surface area contributed by atoms with Gasteiger partial charge in [0.05, 0.1) is 16.9 Å². The Bertz CT molecular complexity index is 535. The van der Waals surface area contributed by atoms with Crippen molar-refractivity contribution in [2.45, 2.75) is 19.3 Å². The highest BCUT2D eigenvalue weighted by Crippen LogP contribution is 2.37. The van der Waals surface area contributed by atoms with Gasteiger partial charge < -0.3 is 5.11 Å². The number of carboxylic acid groups (broad SMARTS) is 1. The quantitative estimate of drug-likeness (QED) is 0.898. The molecule has 0 saturated carbocycles. The number of aryl methyl sites for hydroxylation is 1. The van der Waals surface area contributed by atoms with E-state index in [1.807, 2.05) is 30.3 Å². The molecule has 1 atom stereocenters. The van der Waals surface area contributed by atoms with Gasteiger partial charge in [-0.15, -0.1) is 0 Å². The summed E-state index contributed by atoms with van der Waals surface area (Å²) in [6.45, 7) is 0. The van der Waals surface area contributed by atoms with Crippen LogP contribution < -0.4 is 0 Å². The van der Waals surface area contributed by atoms with Crippen LogP contribution in [0.15, 0.2) is 30.3 Å². The Morgan fingerprint density at radius 2 is 1.94 bits per heavy atom. The number of carboxylic acids is 1. The molecule has 1 aromatic rings. The van der Waals surface area contributed by atoms with Gasteiger partial charge in [0.1, 0.15) is 0 Å². The van der Waals surface area contributed by atoms with Gasteiger partial charge in [-0.3, -0.25) is 4.79 Å². The van der Waals surface area contributed by atoms with Crippen LogP contribution >= 0.6 is 0 Å². The highest BCUT2D eigenvalue weighted by atomic mass is 32.2. The largest absolute Gasteiger partial charge is 0.481 e. The van der Waals surface area contributed by atoms with E-state index in [1.165, 1.54) is 0 Å². The SMILES string of the molecule is O=C(O)C1(CCc2ccccc2)CCS(=O)(=O)C1. The number of hydrogen-bond donors (Lipinski definition) is 1. The van der Waals surface area contributed by atoms with E-state index in [-0.39, 0.29) is 17.9 Å². The van der Waals surface area contributed by atoms with Crippen molar-refractivity contribution in [1.29, 1.82) is 0 Å². The minimum absolute atomic E-state index is 0.00586. The molecule has 2 rings (SSSR count). The van der Waals surface area contributed by atoms with Crippen LogP contribution in [0.1, 0.15) is 18.4 Å². The smallest absolute Gasteiger partial charge is 0.310 e. The first-order chi connectivity index (χ1) is 8.44. The Hall–Kier alpha value is -1.36. The van der Waals surface area contributed by atoms with E-state index in [0.29, 0.717) is 12.8 Å². The molecular weight excluding hydrogens is 252 g/mol. The summed E-state index contributed by atoms with van der Waals surface area (Å²) in [5.41, 5.74) is -0.0447. The fraction of sp³-hybridized carbons (Fsp3) is 0.462. The van der Waals surface area contributed by atoms with Gasteiger partial charge in [0.15, 0.2) is 9.84 Å². The maximum Gasteiger partial charge on any atom is 0.310 e. The van der Waals surface area contributed by atoms with Crippen molar-refractivity contribution >= 4 is 15.8 Å². The first-order valence-electron chi connectivity index (χ1n) is 5.91. The number of rotatable bonds is 4. The van der Waals surface area contributed by atoms with E-state index >= 15 is 0 Å². The highest BCUT2D eigenvalue weighted by molar-refractivity contribution is 7.91. The molecule has 0 radical (unpaired) electrons. The molecule has 1 aliphatic heterocycles. The third-order valence-electron chi connectivity index (χ3n) is 3.58. The molecule has 0 aromatic heterocycles. The van der Waals surface area contributed by atoms with E-state index < -0.39 is 21.2 Å². The standard InChI is InChI=1S/C13H16O4S/c14-12(15)13(8-9-18(16,17)10-13)7-6-11-4-2-1-3-5-11/h1-5H,6-10H2,(H,14,15). The van der Waals surface area contributed by atoms with E-state index in [1.54, 1.807) is 0 Å². The summed E-state index contributed by atoms with van der Waals surface area (Å²) in [7, 11) is -3.18. The van der Waals surface area contributed by atoms with Gasteiger partial charge in [-0.25, -0.2) is 8.42 Å². The minimum atomic E-state index is -3.18. The molecule has 1 N–H and O–H groups in total. The molecule has 0 spiro atoms. The zero-order chi connectivity index (χ0) is 13.2. The third kappa shape index (κ3) is 2.72. The number of sulfone groups is 1. The molecule has 0 aliphatic carbocycles. The van der Waals surface area contributed by atoms with Gasteiger partial charge in [0, 0.05) is 0 Å². The summed E-state index contributed by atoms with van der Waals surface area (Å²) in [4.78, 5) is 11.4. The molecule has 0 amide bonds. The lowest BCUT2D eigenvalue weighted by Gasteiger charge is -2.22. The second-order valence-corrected chi connectivity index (χ2v) is 7.10. The van der Waals surface area contributed by atoms with Gasteiger partial charge in [-0.05, 0) is 24.8 Å².